The standard InChI is InChI=1S/C19H24FNO2/c1-11-6-7-13(15(20)10-11)19(22)21-17-14-8-9-23-18(14)16(17)12-4-2-3-5-12/h6-7,10,12,14,16-18H,2-5,8-9H2,1H3,(H,21,22)/t14-,16+,17+,18-/m0/s1. The van der Waals surface area contributed by atoms with Gasteiger partial charge in [-0.3, -0.25) is 4.79 Å². The maximum atomic E-state index is 14.1. The number of ether oxygens (including phenoxy) is 1. The maximum Gasteiger partial charge on any atom is 0.254 e. The molecule has 1 aliphatic heterocycles. The fourth-order valence-electron chi connectivity index (χ4n) is 4.89. The maximum absolute atomic E-state index is 14.1. The molecular weight excluding hydrogens is 293 g/mol. The number of hydrogen-bond acceptors (Lipinski definition) is 2. The highest BCUT2D eigenvalue weighted by molar-refractivity contribution is 5.94. The van der Waals surface area contributed by atoms with E-state index in [0.29, 0.717) is 23.9 Å². The number of amides is 1. The van der Waals surface area contributed by atoms with Gasteiger partial charge in [0, 0.05) is 24.5 Å². The van der Waals surface area contributed by atoms with Gasteiger partial charge in [0.2, 0.25) is 0 Å². The van der Waals surface area contributed by atoms with Gasteiger partial charge < -0.3 is 10.1 Å². The molecule has 1 amide bonds. The van der Waals surface area contributed by atoms with Crippen LogP contribution in [0.25, 0.3) is 0 Å². The number of hydrogen-bond donors (Lipinski definition) is 1. The van der Waals surface area contributed by atoms with Crippen LogP contribution in [0.2, 0.25) is 0 Å². The van der Waals surface area contributed by atoms with E-state index in [1.807, 2.05) is 6.92 Å². The first kappa shape index (κ1) is 15.1. The van der Waals surface area contributed by atoms with Gasteiger partial charge in [0.1, 0.15) is 5.82 Å². The number of nitrogens with one attached hydrogen (secondary N) is 1. The Morgan fingerprint density at radius 3 is 2.78 bits per heavy atom. The summed E-state index contributed by atoms with van der Waals surface area (Å²) in [5, 5.41) is 3.13. The first-order valence-electron chi connectivity index (χ1n) is 8.84. The minimum atomic E-state index is -0.432. The monoisotopic (exact) mass is 317 g/mol. The summed E-state index contributed by atoms with van der Waals surface area (Å²) in [7, 11) is 0. The van der Waals surface area contributed by atoms with E-state index in [2.05, 4.69) is 5.32 Å². The summed E-state index contributed by atoms with van der Waals surface area (Å²) < 4.78 is 20.0. The van der Waals surface area contributed by atoms with Crippen LogP contribution in [0.5, 0.6) is 0 Å². The fraction of sp³-hybridized carbons (Fsp3) is 0.632. The molecule has 1 saturated heterocycles. The first-order valence-corrected chi connectivity index (χ1v) is 8.84. The van der Waals surface area contributed by atoms with Crippen LogP contribution in [0.15, 0.2) is 18.2 Å². The third-order valence-electron chi connectivity index (χ3n) is 6.05. The summed E-state index contributed by atoms with van der Waals surface area (Å²) in [4.78, 5) is 12.5. The van der Waals surface area contributed by atoms with E-state index in [4.69, 9.17) is 4.74 Å². The van der Waals surface area contributed by atoms with Crippen molar-refractivity contribution in [3.8, 4) is 0 Å². The quantitative estimate of drug-likeness (QED) is 0.927. The molecule has 1 aromatic carbocycles. The zero-order valence-electron chi connectivity index (χ0n) is 13.6. The highest BCUT2D eigenvalue weighted by Gasteiger charge is 2.57. The minimum Gasteiger partial charge on any atom is -0.377 e. The Balaban J connectivity index is 1.51. The number of carbonyl (C=O) groups is 1. The molecule has 3 aliphatic rings. The SMILES string of the molecule is Cc1ccc(C(=O)N[C@@H]2[C@@H]3CCO[C@@H]3[C@@H]2C2CCCC2)c(F)c1. The Morgan fingerprint density at radius 2 is 2.04 bits per heavy atom. The molecule has 0 radical (unpaired) electrons. The lowest BCUT2D eigenvalue weighted by atomic mass is 9.61. The summed E-state index contributed by atoms with van der Waals surface area (Å²) in [5.74, 6) is 0.780. The third-order valence-corrected chi connectivity index (χ3v) is 6.05. The molecule has 4 rings (SSSR count). The smallest absolute Gasteiger partial charge is 0.254 e. The van der Waals surface area contributed by atoms with Gasteiger partial charge in [-0.2, -0.15) is 0 Å². The summed E-state index contributed by atoms with van der Waals surface area (Å²) in [6.07, 6.45) is 6.36. The van der Waals surface area contributed by atoms with Gasteiger partial charge in [0.15, 0.2) is 0 Å². The van der Waals surface area contributed by atoms with Gasteiger partial charge in [0.25, 0.3) is 5.91 Å². The van der Waals surface area contributed by atoms with Crippen LogP contribution in [0, 0.1) is 30.5 Å². The molecule has 0 bridgehead atoms. The number of fused-ring (bicyclic) bond motifs is 1. The average Bonchev–Trinajstić information content (AvgIpc) is 3.15. The molecular formula is C19H24FNO2. The van der Waals surface area contributed by atoms with E-state index >= 15 is 0 Å². The molecule has 3 fully saturated rings. The molecule has 0 unspecified atom stereocenters. The molecule has 1 N–H and O–H groups in total. The Hall–Kier alpha value is -1.42. The van der Waals surface area contributed by atoms with Crippen LogP contribution in [-0.2, 0) is 4.74 Å². The number of rotatable bonds is 3. The lowest BCUT2D eigenvalue weighted by Crippen LogP contribution is -2.63. The molecule has 0 aromatic heterocycles. The van der Waals surface area contributed by atoms with Crippen LogP contribution >= 0.6 is 0 Å². The Labute approximate surface area is 136 Å². The molecule has 124 valence electrons. The van der Waals surface area contributed by atoms with Gasteiger partial charge in [-0.1, -0.05) is 31.7 Å². The van der Waals surface area contributed by atoms with Gasteiger partial charge in [0.05, 0.1) is 11.7 Å². The van der Waals surface area contributed by atoms with Crippen molar-refractivity contribution in [3.05, 3.63) is 35.1 Å². The molecule has 2 saturated carbocycles. The summed E-state index contributed by atoms with van der Waals surface area (Å²) in [6.45, 7) is 2.62. The van der Waals surface area contributed by atoms with E-state index in [0.717, 1.165) is 18.6 Å². The molecule has 23 heavy (non-hydrogen) atoms. The summed E-state index contributed by atoms with van der Waals surface area (Å²) in [6, 6.07) is 4.95. The first-order chi connectivity index (χ1) is 11.1. The second-order valence-electron chi connectivity index (χ2n) is 7.39. The highest BCUT2D eigenvalue weighted by atomic mass is 19.1. The van der Waals surface area contributed by atoms with Crippen LogP contribution < -0.4 is 5.32 Å². The topological polar surface area (TPSA) is 38.3 Å². The molecule has 2 aliphatic carbocycles. The van der Waals surface area contributed by atoms with Crippen molar-refractivity contribution >= 4 is 5.91 Å². The van der Waals surface area contributed by atoms with Gasteiger partial charge >= 0.3 is 0 Å². The zero-order chi connectivity index (χ0) is 16.0. The van der Waals surface area contributed by atoms with Crippen molar-refractivity contribution in [1.82, 2.24) is 5.32 Å². The van der Waals surface area contributed by atoms with Crippen LogP contribution in [0.4, 0.5) is 4.39 Å². The van der Waals surface area contributed by atoms with E-state index < -0.39 is 5.82 Å². The highest BCUT2D eigenvalue weighted by Crippen LogP contribution is 2.51. The van der Waals surface area contributed by atoms with Gasteiger partial charge in [-0.15, -0.1) is 0 Å². The normalized spacial score (nSPS) is 33.3. The minimum absolute atomic E-state index is 0.152. The van der Waals surface area contributed by atoms with Gasteiger partial charge in [-0.25, -0.2) is 4.39 Å². The van der Waals surface area contributed by atoms with Crippen molar-refractivity contribution in [2.45, 2.75) is 51.2 Å². The number of aryl methyl sites for hydroxylation is 1. The van der Waals surface area contributed by atoms with E-state index in [9.17, 15) is 9.18 Å². The largest absolute Gasteiger partial charge is 0.377 e. The van der Waals surface area contributed by atoms with Crippen molar-refractivity contribution in [1.29, 1.82) is 0 Å². The number of halogens is 1. The molecule has 4 heteroatoms. The number of carbonyl (C=O) groups excluding carboxylic acids is 1. The predicted octanol–water partition coefficient (Wildman–Crippen LogP) is 3.46. The molecule has 1 aromatic rings. The van der Waals surface area contributed by atoms with Crippen molar-refractivity contribution in [3.63, 3.8) is 0 Å². The van der Waals surface area contributed by atoms with E-state index in [1.54, 1.807) is 12.1 Å². The zero-order valence-corrected chi connectivity index (χ0v) is 13.6. The van der Waals surface area contributed by atoms with E-state index in [-0.39, 0.29) is 17.5 Å². The third kappa shape index (κ3) is 2.57. The van der Waals surface area contributed by atoms with Crippen LogP contribution in [0.3, 0.4) is 0 Å². The molecule has 1 heterocycles. The molecule has 0 spiro atoms. The van der Waals surface area contributed by atoms with E-state index in [1.165, 1.54) is 31.7 Å². The number of benzene rings is 1. The lowest BCUT2D eigenvalue weighted by molar-refractivity contribution is -0.0784. The Bertz CT molecular complexity index is 607. The average molecular weight is 317 g/mol. The lowest BCUT2D eigenvalue weighted by Gasteiger charge is -2.50. The fourth-order valence-corrected chi connectivity index (χ4v) is 4.89. The van der Waals surface area contributed by atoms with Crippen molar-refractivity contribution in [2.24, 2.45) is 17.8 Å². The van der Waals surface area contributed by atoms with Crippen LogP contribution in [0.1, 0.15) is 48.0 Å². The second-order valence-corrected chi connectivity index (χ2v) is 7.39. The van der Waals surface area contributed by atoms with Crippen molar-refractivity contribution in [2.75, 3.05) is 6.61 Å². The van der Waals surface area contributed by atoms with Crippen LogP contribution in [-0.4, -0.2) is 24.7 Å². The predicted molar refractivity (Wildman–Crippen MR) is 85.7 cm³/mol. The van der Waals surface area contributed by atoms with Crippen molar-refractivity contribution < 1.29 is 13.9 Å². The Kier molecular flexibility index (Phi) is 3.88. The Morgan fingerprint density at radius 1 is 1.26 bits per heavy atom. The summed E-state index contributed by atoms with van der Waals surface area (Å²) >= 11 is 0. The summed E-state index contributed by atoms with van der Waals surface area (Å²) in [5.41, 5.74) is 0.985. The second kappa shape index (κ2) is 5.90. The molecule has 3 nitrogen and oxygen atoms in total. The van der Waals surface area contributed by atoms with Gasteiger partial charge in [-0.05, 0) is 37.0 Å². The molecule has 4 atom stereocenters.